The molecule has 4 aromatic heterocycles. The Hall–Kier alpha value is -9.38. The third kappa shape index (κ3) is 5.71. The highest BCUT2D eigenvalue weighted by atomic mass is 15.0. The molecule has 0 spiro atoms. The van der Waals surface area contributed by atoms with Crippen LogP contribution in [0.25, 0.3) is 132 Å². The molecule has 4 nitrogen and oxygen atoms in total. The summed E-state index contributed by atoms with van der Waals surface area (Å²) >= 11 is 0. The summed E-state index contributed by atoms with van der Waals surface area (Å²) < 4.78 is 9.66. The van der Waals surface area contributed by atoms with Crippen LogP contribution in [0.4, 0.5) is 0 Å². The summed E-state index contributed by atoms with van der Waals surface area (Å²) in [6.07, 6.45) is 0. The highest BCUT2D eigenvalue weighted by molar-refractivity contribution is 6.20. The monoisotopic (exact) mass is 890 g/mol. The molecule has 0 fully saturated rings. The lowest BCUT2D eigenvalue weighted by Crippen LogP contribution is -1.94. The molecule has 15 rings (SSSR count). The number of hydrogen-bond donors (Lipinski definition) is 0. The number of para-hydroxylation sites is 6. The fourth-order valence-corrected chi connectivity index (χ4v) is 11.6. The van der Waals surface area contributed by atoms with Gasteiger partial charge >= 0.3 is 0 Å². The van der Waals surface area contributed by atoms with Crippen LogP contribution in [0.3, 0.4) is 0 Å². The van der Waals surface area contributed by atoms with E-state index in [2.05, 4.69) is 273 Å². The largest absolute Gasteiger partial charge is 0.309 e. The molecule has 15 aromatic rings. The summed E-state index contributed by atoms with van der Waals surface area (Å²) in [6.45, 7) is 0. The topological polar surface area (TPSA) is 19.7 Å². The van der Waals surface area contributed by atoms with Gasteiger partial charge in [-0.1, -0.05) is 146 Å². The van der Waals surface area contributed by atoms with Crippen LogP contribution >= 0.6 is 0 Å². The van der Waals surface area contributed by atoms with E-state index in [1.54, 1.807) is 0 Å². The maximum Gasteiger partial charge on any atom is 0.0548 e. The minimum atomic E-state index is 1.14. The molecule has 11 aromatic carbocycles. The van der Waals surface area contributed by atoms with Crippen LogP contribution in [-0.2, 0) is 0 Å². The van der Waals surface area contributed by atoms with Crippen molar-refractivity contribution >= 4 is 87.2 Å². The highest BCUT2D eigenvalue weighted by Crippen LogP contribution is 2.43. The molecule has 0 radical (unpaired) electrons. The van der Waals surface area contributed by atoms with Crippen molar-refractivity contribution in [3.05, 3.63) is 255 Å². The predicted molar refractivity (Wildman–Crippen MR) is 295 cm³/mol. The molecule has 4 heterocycles. The van der Waals surface area contributed by atoms with E-state index in [0.717, 1.165) is 22.7 Å². The lowest BCUT2D eigenvalue weighted by Gasteiger charge is -2.10. The second kappa shape index (κ2) is 15.1. The summed E-state index contributed by atoms with van der Waals surface area (Å²) in [4.78, 5) is 0. The molecular weight excluding hydrogens is 849 g/mol. The van der Waals surface area contributed by atoms with Gasteiger partial charge in [-0.15, -0.1) is 0 Å². The Morgan fingerprint density at radius 3 is 0.771 bits per heavy atom. The predicted octanol–water partition coefficient (Wildman–Crippen LogP) is 17.4. The Kier molecular flexibility index (Phi) is 8.33. The van der Waals surface area contributed by atoms with E-state index < -0.39 is 0 Å². The van der Waals surface area contributed by atoms with E-state index in [1.165, 1.54) is 109 Å². The van der Waals surface area contributed by atoms with Gasteiger partial charge in [0.15, 0.2) is 0 Å². The number of hydrogen-bond acceptors (Lipinski definition) is 0. The zero-order valence-corrected chi connectivity index (χ0v) is 38.0. The molecule has 0 unspecified atom stereocenters. The Morgan fingerprint density at radius 1 is 0.157 bits per heavy atom. The van der Waals surface area contributed by atoms with E-state index in [0.29, 0.717) is 0 Å². The van der Waals surface area contributed by atoms with Crippen molar-refractivity contribution in [1.29, 1.82) is 0 Å². The van der Waals surface area contributed by atoms with Crippen LogP contribution in [0.5, 0.6) is 0 Å². The fourth-order valence-electron chi connectivity index (χ4n) is 11.6. The molecule has 0 aliphatic heterocycles. The first-order chi connectivity index (χ1) is 34.7. The van der Waals surface area contributed by atoms with Crippen molar-refractivity contribution in [2.24, 2.45) is 0 Å². The van der Waals surface area contributed by atoms with Gasteiger partial charge in [0.2, 0.25) is 0 Å². The second-order valence-corrected chi connectivity index (χ2v) is 18.5. The molecule has 4 heteroatoms. The van der Waals surface area contributed by atoms with Gasteiger partial charge in [-0.25, -0.2) is 0 Å². The van der Waals surface area contributed by atoms with Crippen molar-refractivity contribution in [3.63, 3.8) is 0 Å². The van der Waals surface area contributed by atoms with Crippen molar-refractivity contribution in [2.75, 3.05) is 0 Å². The summed E-state index contributed by atoms with van der Waals surface area (Å²) in [7, 11) is 0. The Bertz CT molecular complexity index is 4150. The first-order valence-electron chi connectivity index (χ1n) is 24.1. The normalized spacial score (nSPS) is 12.0. The smallest absolute Gasteiger partial charge is 0.0548 e. The van der Waals surface area contributed by atoms with E-state index in [-0.39, 0.29) is 0 Å². The van der Waals surface area contributed by atoms with E-state index >= 15 is 0 Å². The van der Waals surface area contributed by atoms with E-state index in [9.17, 15) is 0 Å². The van der Waals surface area contributed by atoms with E-state index in [1.807, 2.05) is 0 Å². The molecule has 0 aliphatic carbocycles. The standard InChI is InChI=1S/C66H42N4/c1-3-15-47(16-4-1)69-63-37-31-45(43-27-33-49(34-28-43)67-59-23-11-7-19-51(59)52-20-8-12-24-60(52)67)39-55(63)57-42-66-58(41-65(57)69)56-40-46(32-38-64(56)70(66)48-17-5-2-6-18-48)44-29-35-50(36-30-44)68-61-25-13-9-21-53(61)54-22-10-14-26-62(54)68/h1-42H. The van der Waals surface area contributed by atoms with Gasteiger partial charge in [-0.3, -0.25) is 0 Å². The summed E-state index contributed by atoms with van der Waals surface area (Å²) in [6, 6.07) is 93.5. The summed E-state index contributed by atoms with van der Waals surface area (Å²) in [5.41, 5.74) is 18.9. The summed E-state index contributed by atoms with van der Waals surface area (Å²) in [5.74, 6) is 0. The van der Waals surface area contributed by atoms with Crippen molar-refractivity contribution in [3.8, 4) is 45.0 Å². The average molecular weight is 891 g/mol. The Labute approximate surface area is 403 Å². The maximum atomic E-state index is 2.45. The van der Waals surface area contributed by atoms with Crippen LogP contribution in [-0.4, -0.2) is 18.3 Å². The summed E-state index contributed by atoms with van der Waals surface area (Å²) in [5, 5.41) is 9.95. The lowest BCUT2D eigenvalue weighted by molar-refractivity contribution is 1.17. The van der Waals surface area contributed by atoms with Crippen molar-refractivity contribution < 1.29 is 0 Å². The molecule has 0 N–H and O–H groups in total. The van der Waals surface area contributed by atoms with Crippen LogP contribution in [0.1, 0.15) is 0 Å². The zero-order valence-electron chi connectivity index (χ0n) is 38.0. The van der Waals surface area contributed by atoms with Gasteiger partial charge in [0.25, 0.3) is 0 Å². The Morgan fingerprint density at radius 2 is 0.414 bits per heavy atom. The van der Waals surface area contributed by atoms with E-state index in [4.69, 9.17) is 0 Å². The van der Waals surface area contributed by atoms with Gasteiger partial charge < -0.3 is 18.3 Å². The van der Waals surface area contributed by atoms with Crippen LogP contribution in [0.15, 0.2) is 255 Å². The van der Waals surface area contributed by atoms with Crippen LogP contribution in [0, 0.1) is 0 Å². The minimum Gasteiger partial charge on any atom is -0.309 e. The molecule has 0 aliphatic rings. The average Bonchev–Trinajstić information content (AvgIpc) is 4.15. The number of aromatic nitrogens is 4. The van der Waals surface area contributed by atoms with Gasteiger partial charge in [-0.2, -0.15) is 0 Å². The Balaban J connectivity index is 0.899. The van der Waals surface area contributed by atoms with Crippen molar-refractivity contribution in [1.82, 2.24) is 18.3 Å². The number of fused-ring (bicyclic) bond motifs is 12. The molecule has 0 atom stereocenters. The van der Waals surface area contributed by atoms with Crippen LogP contribution < -0.4 is 0 Å². The molecule has 0 saturated carbocycles. The number of benzene rings is 11. The van der Waals surface area contributed by atoms with Gasteiger partial charge in [0, 0.05) is 65.8 Å². The highest BCUT2D eigenvalue weighted by Gasteiger charge is 2.21. The molecule has 70 heavy (non-hydrogen) atoms. The molecule has 326 valence electrons. The third-order valence-electron chi connectivity index (χ3n) is 14.8. The first-order valence-corrected chi connectivity index (χ1v) is 24.1. The second-order valence-electron chi connectivity index (χ2n) is 18.5. The van der Waals surface area contributed by atoms with Gasteiger partial charge in [0.05, 0.1) is 44.1 Å². The molecule has 0 saturated heterocycles. The maximum absolute atomic E-state index is 2.45. The van der Waals surface area contributed by atoms with Gasteiger partial charge in [-0.05, 0) is 131 Å². The SMILES string of the molecule is c1ccc(-n2c3ccc(-c4ccc(-n5c6ccccc6c6ccccc65)cc4)cc3c3cc4c(cc32)c2cc(-c3ccc(-n5c6ccccc6c6ccccc65)cc3)ccc2n4-c2ccccc2)cc1. The first kappa shape index (κ1) is 38.7. The fraction of sp³-hybridized carbons (Fsp3) is 0. The van der Waals surface area contributed by atoms with Crippen LogP contribution in [0.2, 0.25) is 0 Å². The molecule has 0 amide bonds. The number of rotatable bonds is 6. The third-order valence-corrected chi connectivity index (χ3v) is 14.8. The molecular formula is C66H42N4. The van der Waals surface area contributed by atoms with Crippen molar-refractivity contribution in [2.45, 2.75) is 0 Å². The zero-order chi connectivity index (χ0) is 45.9. The lowest BCUT2D eigenvalue weighted by atomic mass is 10.0. The quantitative estimate of drug-likeness (QED) is 0.158. The number of nitrogens with zero attached hydrogens (tertiary/aromatic N) is 4. The molecule has 0 bridgehead atoms. The minimum absolute atomic E-state index is 1.14. The van der Waals surface area contributed by atoms with Gasteiger partial charge in [0.1, 0.15) is 0 Å².